The molecule has 17 heavy (non-hydrogen) atoms. The lowest BCUT2D eigenvalue weighted by Gasteiger charge is -2.33. The van der Waals surface area contributed by atoms with E-state index in [1.54, 1.807) is 0 Å². The first-order chi connectivity index (χ1) is 8.22. The highest BCUT2D eigenvalue weighted by Gasteiger charge is 2.28. The predicted molar refractivity (Wildman–Crippen MR) is 69.4 cm³/mol. The summed E-state index contributed by atoms with van der Waals surface area (Å²) in [5, 5.41) is 0. The SMILES string of the molecule is CC(C)CC(NN)C1OCCc2ccccc21. The molecule has 2 unspecified atom stereocenters. The van der Waals surface area contributed by atoms with Crippen molar-refractivity contribution in [3.8, 4) is 0 Å². The fourth-order valence-corrected chi connectivity index (χ4v) is 2.54. The van der Waals surface area contributed by atoms with Crippen molar-refractivity contribution in [2.75, 3.05) is 6.61 Å². The van der Waals surface area contributed by atoms with Crippen LogP contribution in [0.15, 0.2) is 24.3 Å². The molecule has 0 saturated heterocycles. The van der Waals surface area contributed by atoms with Crippen LogP contribution >= 0.6 is 0 Å². The quantitative estimate of drug-likeness (QED) is 0.620. The van der Waals surface area contributed by atoms with E-state index in [4.69, 9.17) is 10.6 Å². The second-order valence-corrected chi connectivity index (χ2v) is 5.14. The molecule has 2 atom stereocenters. The number of nitrogens with one attached hydrogen (secondary N) is 1. The Bertz CT molecular complexity index is 365. The third kappa shape index (κ3) is 2.86. The molecule has 1 aliphatic heterocycles. The first-order valence-electron chi connectivity index (χ1n) is 6.38. The van der Waals surface area contributed by atoms with Crippen LogP contribution in [0.5, 0.6) is 0 Å². The predicted octanol–water partition coefficient (Wildman–Crippen LogP) is 2.18. The smallest absolute Gasteiger partial charge is 0.0994 e. The van der Waals surface area contributed by atoms with Crippen molar-refractivity contribution in [3.05, 3.63) is 35.4 Å². The fourth-order valence-electron chi connectivity index (χ4n) is 2.54. The maximum Gasteiger partial charge on any atom is 0.0994 e. The zero-order valence-corrected chi connectivity index (χ0v) is 10.6. The number of benzene rings is 1. The Morgan fingerprint density at radius 3 is 2.88 bits per heavy atom. The largest absolute Gasteiger partial charge is 0.371 e. The minimum atomic E-state index is 0.0901. The lowest BCUT2D eigenvalue weighted by molar-refractivity contribution is 0.0103. The Hall–Kier alpha value is -0.900. The van der Waals surface area contributed by atoms with Crippen molar-refractivity contribution >= 4 is 0 Å². The van der Waals surface area contributed by atoms with E-state index in [-0.39, 0.29) is 12.1 Å². The molecule has 0 fully saturated rings. The molecule has 0 saturated carbocycles. The zero-order valence-electron chi connectivity index (χ0n) is 10.6. The van der Waals surface area contributed by atoms with E-state index in [0.717, 1.165) is 19.4 Å². The lowest BCUT2D eigenvalue weighted by Crippen LogP contribution is -2.43. The van der Waals surface area contributed by atoms with Gasteiger partial charge in [0, 0.05) is 0 Å². The number of nitrogens with two attached hydrogens (primary N) is 1. The molecule has 1 heterocycles. The lowest BCUT2D eigenvalue weighted by atomic mass is 9.90. The van der Waals surface area contributed by atoms with E-state index in [9.17, 15) is 0 Å². The van der Waals surface area contributed by atoms with Gasteiger partial charge in [-0.1, -0.05) is 38.1 Å². The van der Waals surface area contributed by atoms with Crippen LogP contribution in [0.25, 0.3) is 0 Å². The minimum absolute atomic E-state index is 0.0901. The van der Waals surface area contributed by atoms with Gasteiger partial charge in [0.05, 0.1) is 18.8 Å². The summed E-state index contributed by atoms with van der Waals surface area (Å²) in [7, 11) is 0. The van der Waals surface area contributed by atoms with Crippen molar-refractivity contribution in [1.82, 2.24) is 5.43 Å². The maximum absolute atomic E-state index is 5.92. The summed E-state index contributed by atoms with van der Waals surface area (Å²) in [6, 6.07) is 8.70. The summed E-state index contributed by atoms with van der Waals surface area (Å²) in [6.07, 6.45) is 2.12. The van der Waals surface area contributed by atoms with Crippen LogP contribution in [-0.4, -0.2) is 12.6 Å². The standard InChI is InChI=1S/C14H22N2O/c1-10(2)9-13(16-15)14-12-6-4-3-5-11(12)7-8-17-14/h3-6,10,13-14,16H,7-9,15H2,1-2H3. The molecule has 0 radical (unpaired) electrons. The normalized spacial score (nSPS) is 21.3. The van der Waals surface area contributed by atoms with E-state index < -0.39 is 0 Å². The van der Waals surface area contributed by atoms with E-state index >= 15 is 0 Å². The summed E-state index contributed by atoms with van der Waals surface area (Å²) < 4.78 is 5.92. The molecule has 3 nitrogen and oxygen atoms in total. The number of hydrazine groups is 1. The van der Waals surface area contributed by atoms with Gasteiger partial charge in [0.15, 0.2) is 0 Å². The van der Waals surface area contributed by atoms with Crippen LogP contribution in [-0.2, 0) is 11.2 Å². The number of ether oxygens (including phenoxy) is 1. The van der Waals surface area contributed by atoms with Gasteiger partial charge >= 0.3 is 0 Å². The topological polar surface area (TPSA) is 47.3 Å². The van der Waals surface area contributed by atoms with E-state index in [0.29, 0.717) is 5.92 Å². The number of rotatable bonds is 4. The van der Waals surface area contributed by atoms with Gasteiger partial charge in [0.2, 0.25) is 0 Å². The molecule has 1 aromatic carbocycles. The third-order valence-electron chi connectivity index (χ3n) is 3.34. The van der Waals surface area contributed by atoms with Gasteiger partial charge in [-0.2, -0.15) is 0 Å². The van der Waals surface area contributed by atoms with E-state index in [1.165, 1.54) is 11.1 Å². The Balaban J connectivity index is 2.21. The second kappa shape index (κ2) is 5.63. The fraction of sp³-hybridized carbons (Fsp3) is 0.571. The molecule has 94 valence electrons. The second-order valence-electron chi connectivity index (χ2n) is 5.14. The van der Waals surface area contributed by atoms with Gasteiger partial charge in [0.1, 0.15) is 0 Å². The summed E-state index contributed by atoms with van der Waals surface area (Å²) in [4.78, 5) is 0. The monoisotopic (exact) mass is 234 g/mol. The van der Waals surface area contributed by atoms with E-state index in [2.05, 4.69) is 43.5 Å². The van der Waals surface area contributed by atoms with Gasteiger partial charge in [-0.05, 0) is 29.9 Å². The average Bonchev–Trinajstić information content (AvgIpc) is 2.35. The molecule has 0 aliphatic carbocycles. The molecule has 3 N–H and O–H groups in total. The van der Waals surface area contributed by atoms with Crippen molar-refractivity contribution in [2.24, 2.45) is 11.8 Å². The molecule has 1 aromatic rings. The number of fused-ring (bicyclic) bond motifs is 1. The van der Waals surface area contributed by atoms with Crippen molar-refractivity contribution in [2.45, 2.75) is 38.8 Å². The molecular weight excluding hydrogens is 212 g/mol. The third-order valence-corrected chi connectivity index (χ3v) is 3.34. The van der Waals surface area contributed by atoms with Crippen LogP contribution in [0.1, 0.15) is 37.5 Å². The van der Waals surface area contributed by atoms with Gasteiger partial charge in [-0.3, -0.25) is 11.3 Å². The molecule has 2 rings (SSSR count). The highest BCUT2D eigenvalue weighted by molar-refractivity contribution is 5.31. The van der Waals surface area contributed by atoms with Gasteiger partial charge in [-0.25, -0.2) is 0 Å². The highest BCUT2D eigenvalue weighted by Crippen LogP contribution is 2.31. The van der Waals surface area contributed by atoms with Crippen molar-refractivity contribution in [3.63, 3.8) is 0 Å². The molecule has 1 aliphatic rings. The Morgan fingerprint density at radius 2 is 2.18 bits per heavy atom. The molecule has 0 bridgehead atoms. The number of hydrogen-bond acceptors (Lipinski definition) is 3. The Morgan fingerprint density at radius 1 is 1.41 bits per heavy atom. The first-order valence-corrected chi connectivity index (χ1v) is 6.38. The van der Waals surface area contributed by atoms with Gasteiger partial charge in [0.25, 0.3) is 0 Å². The summed E-state index contributed by atoms with van der Waals surface area (Å²) in [6.45, 7) is 5.20. The zero-order chi connectivity index (χ0) is 12.3. The summed E-state index contributed by atoms with van der Waals surface area (Å²) in [5.74, 6) is 6.28. The molecule has 0 aromatic heterocycles. The van der Waals surface area contributed by atoms with Crippen LogP contribution in [0, 0.1) is 5.92 Å². The number of hydrogen-bond donors (Lipinski definition) is 2. The minimum Gasteiger partial charge on any atom is -0.371 e. The van der Waals surface area contributed by atoms with Crippen molar-refractivity contribution < 1.29 is 4.74 Å². The van der Waals surface area contributed by atoms with Crippen molar-refractivity contribution in [1.29, 1.82) is 0 Å². The van der Waals surface area contributed by atoms with Gasteiger partial charge in [-0.15, -0.1) is 0 Å². The van der Waals surface area contributed by atoms with E-state index in [1.807, 2.05) is 0 Å². The molecule has 0 amide bonds. The molecular formula is C14H22N2O. The molecule has 3 heteroatoms. The summed E-state index contributed by atoms with van der Waals surface area (Å²) in [5.41, 5.74) is 5.61. The Labute approximate surface area is 103 Å². The average molecular weight is 234 g/mol. The van der Waals surface area contributed by atoms with Gasteiger partial charge < -0.3 is 4.74 Å². The van der Waals surface area contributed by atoms with Crippen LogP contribution in [0.3, 0.4) is 0 Å². The maximum atomic E-state index is 5.92. The Kier molecular flexibility index (Phi) is 4.15. The van der Waals surface area contributed by atoms with Crippen LogP contribution < -0.4 is 11.3 Å². The van der Waals surface area contributed by atoms with Crippen LogP contribution in [0.4, 0.5) is 0 Å². The summed E-state index contributed by atoms with van der Waals surface area (Å²) >= 11 is 0. The molecule has 0 spiro atoms. The van der Waals surface area contributed by atoms with Crippen LogP contribution in [0.2, 0.25) is 0 Å². The highest BCUT2D eigenvalue weighted by atomic mass is 16.5. The first kappa shape index (κ1) is 12.6.